The van der Waals surface area contributed by atoms with Crippen LogP contribution in [0.5, 0.6) is 0 Å². The Morgan fingerprint density at radius 3 is 1.69 bits per heavy atom. The highest BCUT2D eigenvalue weighted by Crippen LogP contribution is 2.44. The average Bonchev–Trinajstić information content (AvgIpc) is 2.72. The van der Waals surface area contributed by atoms with Crippen molar-refractivity contribution in [3.8, 4) is 0 Å². The van der Waals surface area contributed by atoms with Crippen LogP contribution in [0.3, 0.4) is 0 Å². The monoisotopic (exact) mass is 398 g/mol. The predicted molar refractivity (Wildman–Crippen MR) is 116 cm³/mol. The number of allylic oxidation sites excluding steroid dienone is 1. The van der Waals surface area contributed by atoms with E-state index in [2.05, 4.69) is 79.9 Å². The lowest BCUT2D eigenvalue weighted by Gasteiger charge is -2.44. The van der Waals surface area contributed by atoms with Crippen LogP contribution in [0.25, 0.3) is 0 Å². The standard InChI is InChI=1S/C21H42O3Si2/c1-20(2,3)25(7,8)23-18-16-14-12-11-13-15-17(22-16)19(18)24-26(9,10)21(4,5)6/h11-12,16-19H,13-15H2,1-10H3/b12-11-/t16-,17+,18-,19-/m0/s1. The molecule has 5 heteroatoms. The molecular formula is C21H42O3Si2. The van der Waals surface area contributed by atoms with Gasteiger partial charge in [0.05, 0.1) is 24.4 Å². The summed E-state index contributed by atoms with van der Waals surface area (Å²) in [5, 5.41) is 0.378. The van der Waals surface area contributed by atoms with Gasteiger partial charge in [-0.05, 0) is 55.5 Å². The summed E-state index contributed by atoms with van der Waals surface area (Å²) in [7, 11) is -3.79. The van der Waals surface area contributed by atoms with Gasteiger partial charge in [0.1, 0.15) is 0 Å². The Bertz CT molecular complexity index is 514. The fraction of sp³-hybridized carbons (Fsp3) is 0.905. The van der Waals surface area contributed by atoms with Crippen molar-refractivity contribution in [3.05, 3.63) is 12.2 Å². The predicted octanol–water partition coefficient (Wildman–Crippen LogP) is 6.27. The number of rotatable bonds is 4. The summed E-state index contributed by atoms with van der Waals surface area (Å²) in [6.45, 7) is 23.2. The molecule has 2 rings (SSSR count). The summed E-state index contributed by atoms with van der Waals surface area (Å²) in [6.07, 6.45) is 8.03. The molecule has 0 aromatic heterocycles. The highest BCUT2D eigenvalue weighted by Gasteiger charge is 2.53. The van der Waals surface area contributed by atoms with E-state index in [-0.39, 0.29) is 34.5 Å². The number of hydrogen-bond donors (Lipinski definition) is 0. The maximum Gasteiger partial charge on any atom is 0.192 e. The minimum Gasteiger partial charge on any atom is -0.409 e. The van der Waals surface area contributed by atoms with Gasteiger partial charge < -0.3 is 13.6 Å². The van der Waals surface area contributed by atoms with Gasteiger partial charge in [0.25, 0.3) is 0 Å². The zero-order valence-corrected chi connectivity index (χ0v) is 20.8. The quantitative estimate of drug-likeness (QED) is 0.412. The van der Waals surface area contributed by atoms with Gasteiger partial charge in [-0.15, -0.1) is 0 Å². The highest BCUT2D eigenvalue weighted by molar-refractivity contribution is 6.74. The molecule has 26 heavy (non-hydrogen) atoms. The van der Waals surface area contributed by atoms with Crippen molar-refractivity contribution in [2.24, 2.45) is 0 Å². The number of fused-ring (bicyclic) bond motifs is 2. The number of ether oxygens (including phenoxy) is 1. The third-order valence-corrected chi connectivity index (χ3v) is 16.0. The zero-order chi connectivity index (χ0) is 20.0. The summed E-state index contributed by atoms with van der Waals surface area (Å²) in [4.78, 5) is 0. The Hall–Kier alpha value is 0.0538. The second-order valence-corrected chi connectivity index (χ2v) is 20.7. The largest absolute Gasteiger partial charge is 0.409 e. The van der Waals surface area contributed by atoms with E-state index >= 15 is 0 Å². The highest BCUT2D eigenvalue weighted by atomic mass is 28.4. The smallest absolute Gasteiger partial charge is 0.192 e. The molecule has 2 bridgehead atoms. The molecule has 2 aliphatic rings. The van der Waals surface area contributed by atoms with Gasteiger partial charge in [0, 0.05) is 0 Å². The lowest BCUT2D eigenvalue weighted by Crippen LogP contribution is -2.54. The van der Waals surface area contributed by atoms with E-state index in [1.165, 1.54) is 0 Å². The van der Waals surface area contributed by atoms with E-state index < -0.39 is 16.6 Å². The van der Waals surface area contributed by atoms with Crippen molar-refractivity contribution < 1.29 is 13.6 Å². The average molecular weight is 399 g/mol. The maximum atomic E-state index is 6.94. The first-order valence-electron chi connectivity index (χ1n) is 10.3. The third kappa shape index (κ3) is 4.72. The Kier molecular flexibility index (Phi) is 6.42. The van der Waals surface area contributed by atoms with Crippen LogP contribution in [0.4, 0.5) is 0 Å². The van der Waals surface area contributed by atoms with Gasteiger partial charge in [0.15, 0.2) is 16.6 Å². The van der Waals surface area contributed by atoms with Crippen LogP contribution in [0.15, 0.2) is 12.2 Å². The molecule has 3 nitrogen and oxygen atoms in total. The van der Waals surface area contributed by atoms with Crippen molar-refractivity contribution in [2.45, 2.75) is 121 Å². The summed E-state index contributed by atoms with van der Waals surface area (Å²) in [6, 6.07) is 0. The van der Waals surface area contributed by atoms with Crippen LogP contribution in [-0.2, 0) is 13.6 Å². The first-order chi connectivity index (χ1) is 11.7. The van der Waals surface area contributed by atoms with Crippen LogP contribution in [0, 0.1) is 0 Å². The Balaban J connectivity index is 2.32. The first kappa shape index (κ1) is 22.3. The lowest BCUT2D eigenvalue weighted by atomic mass is 10.1. The van der Waals surface area contributed by atoms with E-state index in [1.54, 1.807) is 0 Å². The molecule has 0 radical (unpaired) electrons. The molecule has 0 saturated carbocycles. The molecular weight excluding hydrogens is 356 g/mol. The third-order valence-electron chi connectivity index (χ3n) is 7.03. The van der Waals surface area contributed by atoms with Gasteiger partial charge in [-0.25, -0.2) is 0 Å². The number of hydrogen-bond acceptors (Lipinski definition) is 3. The van der Waals surface area contributed by atoms with Crippen molar-refractivity contribution >= 4 is 16.6 Å². The van der Waals surface area contributed by atoms with Crippen molar-refractivity contribution in [1.29, 1.82) is 0 Å². The lowest BCUT2D eigenvalue weighted by molar-refractivity contribution is 0.00667. The Labute approximate surface area is 164 Å². The molecule has 152 valence electrons. The van der Waals surface area contributed by atoms with E-state index in [1.807, 2.05) is 0 Å². The first-order valence-corrected chi connectivity index (χ1v) is 16.1. The van der Waals surface area contributed by atoms with Crippen LogP contribution < -0.4 is 0 Å². The molecule has 2 heterocycles. The minimum atomic E-state index is -1.89. The van der Waals surface area contributed by atoms with Crippen LogP contribution in [0.2, 0.25) is 36.3 Å². The fourth-order valence-electron chi connectivity index (χ4n) is 3.15. The normalized spacial score (nSPS) is 32.2. The minimum absolute atomic E-state index is 0.0535. The van der Waals surface area contributed by atoms with Crippen LogP contribution >= 0.6 is 0 Å². The van der Waals surface area contributed by atoms with Crippen molar-refractivity contribution in [1.82, 2.24) is 0 Å². The van der Waals surface area contributed by atoms with E-state index in [9.17, 15) is 0 Å². The van der Waals surface area contributed by atoms with Gasteiger partial charge >= 0.3 is 0 Å². The molecule has 4 atom stereocenters. The second kappa shape index (κ2) is 7.47. The molecule has 2 aliphatic heterocycles. The molecule has 0 aromatic rings. The molecule has 0 aliphatic carbocycles. The van der Waals surface area contributed by atoms with Gasteiger partial charge in [-0.2, -0.15) is 0 Å². The topological polar surface area (TPSA) is 27.7 Å². The van der Waals surface area contributed by atoms with Crippen molar-refractivity contribution in [3.63, 3.8) is 0 Å². The zero-order valence-electron chi connectivity index (χ0n) is 18.8. The van der Waals surface area contributed by atoms with Crippen LogP contribution in [-0.4, -0.2) is 41.1 Å². The van der Waals surface area contributed by atoms with E-state index in [0.717, 1.165) is 19.3 Å². The van der Waals surface area contributed by atoms with Gasteiger partial charge in [0.2, 0.25) is 0 Å². The molecule has 0 aromatic carbocycles. The van der Waals surface area contributed by atoms with Crippen molar-refractivity contribution in [2.75, 3.05) is 0 Å². The summed E-state index contributed by atoms with van der Waals surface area (Å²) in [5.74, 6) is 0. The van der Waals surface area contributed by atoms with Gasteiger partial charge in [-0.3, -0.25) is 0 Å². The molecule has 0 N–H and O–H groups in total. The van der Waals surface area contributed by atoms with E-state index in [4.69, 9.17) is 13.6 Å². The molecule has 0 unspecified atom stereocenters. The molecule has 1 fully saturated rings. The second-order valence-electron chi connectivity index (χ2n) is 11.2. The molecule has 0 amide bonds. The Morgan fingerprint density at radius 1 is 0.769 bits per heavy atom. The fourth-order valence-corrected chi connectivity index (χ4v) is 5.79. The summed E-state index contributed by atoms with van der Waals surface area (Å²) in [5.41, 5.74) is 0. The molecule has 0 spiro atoms. The van der Waals surface area contributed by atoms with E-state index in [0.29, 0.717) is 0 Å². The summed E-state index contributed by atoms with van der Waals surface area (Å²) >= 11 is 0. The van der Waals surface area contributed by atoms with Gasteiger partial charge in [-0.1, -0.05) is 53.7 Å². The summed E-state index contributed by atoms with van der Waals surface area (Å²) < 4.78 is 20.4. The maximum absolute atomic E-state index is 6.94. The SMILES string of the molecule is CC(C)(C)[Si](C)(C)O[C@@H]1[C@@H](O[Si](C)(C)C(C)(C)C)[C@H]2CC/C=C\C[C@@H]1O2. The Morgan fingerprint density at radius 2 is 1.23 bits per heavy atom. The van der Waals surface area contributed by atoms with Crippen LogP contribution in [0.1, 0.15) is 60.8 Å². The molecule has 1 saturated heterocycles.